The Morgan fingerprint density at radius 3 is 2.65 bits per heavy atom. The molecular weight excluding hydrogens is 256 g/mol. The van der Waals surface area contributed by atoms with E-state index in [1.54, 1.807) is 0 Å². The molecule has 1 amide bonds. The normalized spacial score (nSPS) is 21.2. The number of amides is 1. The largest absolute Gasteiger partial charge is 0.332 e. The molecule has 1 fully saturated rings. The van der Waals surface area contributed by atoms with Gasteiger partial charge in [0.05, 0.1) is 0 Å². The second-order valence-corrected chi connectivity index (χ2v) is 6.48. The van der Waals surface area contributed by atoms with Gasteiger partial charge in [0.15, 0.2) is 5.82 Å². The predicted molar refractivity (Wildman–Crippen MR) is 75.5 cm³/mol. The van der Waals surface area contributed by atoms with Crippen LogP contribution in [0.1, 0.15) is 44.2 Å². The van der Waals surface area contributed by atoms with Crippen molar-refractivity contribution in [3.05, 3.63) is 11.7 Å². The topological polar surface area (TPSA) is 62.5 Å². The molecule has 6 heteroatoms. The van der Waals surface area contributed by atoms with Gasteiger partial charge >= 0.3 is 11.8 Å². The lowest BCUT2D eigenvalue weighted by molar-refractivity contribution is 0.0252. The van der Waals surface area contributed by atoms with Crippen molar-refractivity contribution in [2.24, 2.45) is 5.41 Å². The van der Waals surface area contributed by atoms with Crippen LogP contribution in [0.2, 0.25) is 0 Å². The second kappa shape index (κ2) is 5.52. The van der Waals surface area contributed by atoms with E-state index < -0.39 is 0 Å². The number of aromatic nitrogens is 2. The van der Waals surface area contributed by atoms with Gasteiger partial charge in [-0.15, -0.1) is 0 Å². The van der Waals surface area contributed by atoms with Crippen molar-refractivity contribution in [1.29, 1.82) is 0 Å². The zero-order valence-electron chi connectivity index (χ0n) is 13.0. The van der Waals surface area contributed by atoms with E-state index in [-0.39, 0.29) is 17.2 Å². The van der Waals surface area contributed by atoms with Crippen LogP contribution in [0.15, 0.2) is 4.52 Å². The van der Waals surface area contributed by atoms with Gasteiger partial charge in [-0.2, -0.15) is 4.98 Å². The summed E-state index contributed by atoms with van der Waals surface area (Å²) < 4.78 is 5.05. The molecule has 1 aliphatic heterocycles. The van der Waals surface area contributed by atoms with Gasteiger partial charge in [0.2, 0.25) is 0 Å². The van der Waals surface area contributed by atoms with Crippen LogP contribution in [0, 0.1) is 5.41 Å². The number of hydrogen-bond donors (Lipinski definition) is 0. The average molecular weight is 280 g/mol. The highest BCUT2D eigenvalue weighted by molar-refractivity contribution is 5.89. The number of rotatable bonds is 2. The van der Waals surface area contributed by atoms with Crippen molar-refractivity contribution in [3.63, 3.8) is 0 Å². The van der Waals surface area contributed by atoms with E-state index in [2.05, 4.69) is 42.9 Å². The highest BCUT2D eigenvalue weighted by Crippen LogP contribution is 2.27. The minimum Gasteiger partial charge on any atom is -0.332 e. The second-order valence-electron chi connectivity index (χ2n) is 6.48. The number of likely N-dealkylation sites (N-methyl/N-ethyl adjacent to an activating group) is 1. The van der Waals surface area contributed by atoms with Crippen molar-refractivity contribution in [2.75, 3.05) is 26.7 Å². The van der Waals surface area contributed by atoms with Crippen LogP contribution >= 0.6 is 0 Å². The summed E-state index contributed by atoms with van der Waals surface area (Å²) in [5.41, 5.74) is 0.122. The van der Waals surface area contributed by atoms with Crippen molar-refractivity contribution < 1.29 is 9.32 Å². The summed E-state index contributed by atoms with van der Waals surface area (Å²) in [5, 5.41) is 3.79. The maximum Gasteiger partial charge on any atom is 0.316 e. The van der Waals surface area contributed by atoms with E-state index in [1.165, 1.54) is 0 Å². The van der Waals surface area contributed by atoms with Crippen LogP contribution < -0.4 is 0 Å². The molecule has 6 nitrogen and oxygen atoms in total. The Balaban J connectivity index is 2.11. The summed E-state index contributed by atoms with van der Waals surface area (Å²) in [6, 6.07) is 0.328. The number of carbonyl (C=O) groups excluding carboxylic acids is 1. The fourth-order valence-electron chi connectivity index (χ4n) is 2.61. The van der Waals surface area contributed by atoms with Crippen molar-refractivity contribution >= 4 is 5.91 Å². The molecular formula is C14H24N4O2. The van der Waals surface area contributed by atoms with Crippen LogP contribution in [0.5, 0.6) is 0 Å². The molecule has 112 valence electrons. The summed E-state index contributed by atoms with van der Waals surface area (Å²) in [7, 11) is 2.11. The zero-order valence-corrected chi connectivity index (χ0v) is 13.0. The minimum atomic E-state index is -0.153. The molecule has 0 aliphatic carbocycles. The number of hydrogen-bond acceptors (Lipinski definition) is 5. The molecule has 1 saturated heterocycles. The van der Waals surface area contributed by atoms with Crippen LogP contribution in [0.3, 0.4) is 0 Å². The van der Waals surface area contributed by atoms with Crippen LogP contribution in [-0.4, -0.2) is 58.6 Å². The minimum absolute atomic E-state index is 0.110. The van der Waals surface area contributed by atoms with Gasteiger partial charge in [-0.05, 0) is 12.5 Å². The first-order chi connectivity index (χ1) is 9.32. The predicted octanol–water partition coefficient (Wildman–Crippen LogP) is 1.43. The standard InChI is InChI=1S/C14H24N4O2/c1-6-11-15-12(20-16-11)13(19)18-8-7-17(5)10(9-18)14(2,3)4/h10H,6-9H2,1-5H3/t10-/m0/s1. The van der Waals surface area contributed by atoms with Gasteiger partial charge in [0, 0.05) is 32.1 Å². The third-order valence-corrected chi connectivity index (χ3v) is 3.90. The molecule has 2 heterocycles. The lowest BCUT2D eigenvalue weighted by atomic mass is 9.84. The Morgan fingerprint density at radius 2 is 2.10 bits per heavy atom. The van der Waals surface area contributed by atoms with Gasteiger partial charge in [0.1, 0.15) is 0 Å². The first kappa shape index (κ1) is 15.0. The molecule has 0 saturated carbocycles. The van der Waals surface area contributed by atoms with Crippen molar-refractivity contribution in [2.45, 2.75) is 40.2 Å². The third kappa shape index (κ3) is 3.00. The maximum absolute atomic E-state index is 12.4. The summed E-state index contributed by atoms with van der Waals surface area (Å²) in [6.07, 6.45) is 0.671. The molecule has 0 aromatic carbocycles. The summed E-state index contributed by atoms with van der Waals surface area (Å²) in [5.74, 6) is 0.536. The van der Waals surface area contributed by atoms with Gasteiger partial charge < -0.3 is 9.42 Å². The molecule has 0 unspecified atom stereocenters. The Kier molecular flexibility index (Phi) is 4.13. The fourth-order valence-corrected chi connectivity index (χ4v) is 2.61. The SMILES string of the molecule is CCc1noc(C(=O)N2CCN(C)[C@H](C(C)(C)C)C2)n1. The quantitative estimate of drug-likeness (QED) is 0.820. The van der Waals surface area contributed by atoms with Gasteiger partial charge in [-0.3, -0.25) is 9.69 Å². The van der Waals surface area contributed by atoms with Gasteiger partial charge in [-0.25, -0.2) is 0 Å². The highest BCUT2D eigenvalue weighted by atomic mass is 16.5. The lowest BCUT2D eigenvalue weighted by Crippen LogP contribution is -2.57. The fraction of sp³-hybridized carbons (Fsp3) is 0.786. The van der Waals surface area contributed by atoms with Crippen LogP contribution in [0.4, 0.5) is 0 Å². The van der Waals surface area contributed by atoms with E-state index in [4.69, 9.17) is 4.52 Å². The molecule has 2 rings (SSSR count). The van der Waals surface area contributed by atoms with E-state index in [1.807, 2.05) is 11.8 Å². The molecule has 1 aromatic rings. The van der Waals surface area contributed by atoms with Crippen LogP contribution in [0.25, 0.3) is 0 Å². The van der Waals surface area contributed by atoms with Crippen molar-refractivity contribution in [1.82, 2.24) is 19.9 Å². The maximum atomic E-state index is 12.4. The first-order valence-corrected chi connectivity index (χ1v) is 7.15. The van der Waals surface area contributed by atoms with E-state index in [0.717, 1.165) is 6.54 Å². The molecule has 0 radical (unpaired) electrons. The number of nitrogens with zero attached hydrogens (tertiary/aromatic N) is 4. The van der Waals surface area contributed by atoms with Gasteiger partial charge in [-0.1, -0.05) is 32.9 Å². The van der Waals surface area contributed by atoms with Crippen molar-refractivity contribution in [3.8, 4) is 0 Å². The Hall–Kier alpha value is -1.43. The summed E-state index contributed by atoms with van der Waals surface area (Å²) in [6.45, 7) is 10.8. The third-order valence-electron chi connectivity index (χ3n) is 3.90. The molecule has 0 N–H and O–H groups in total. The number of carbonyl (C=O) groups is 1. The zero-order chi connectivity index (χ0) is 14.9. The first-order valence-electron chi connectivity index (χ1n) is 7.15. The summed E-state index contributed by atoms with van der Waals surface area (Å²) in [4.78, 5) is 20.7. The van der Waals surface area contributed by atoms with E-state index >= 15 is 0 Å². The molecule has 1 aliphatic rings. The average Bonchev–Trinajstić information content (AvgIpc) is 2.86. The smallest absolute Gasteiger partial charge is 0.316 e. The van der Waals surface area contributed by atoms with Crippen LogP contribution in [-0.2, 0) is 6.42 Å². The van der Waals surface area contributed by atoms with Gasteiger partial charge in [0.25, 0.3) is 0 Å². The Morgan fingerprint density at radius 1 is 1.40 bits per heavy atom. The summed E-state index contributed by atoms with van der Waals surface area (Å²) >= 11 is 0. The highest BCUT2D eigenvalue weighted by Gasteiger charge is 2.36. The lowest BCUT2D eigenvalue weighted by Gasteiger charge is -2.45. The molecule has 0 spiro atoms. The monoisotopic (exact) mass is 280 g/mol. The number of piperazine rings is 1. The molecule has 20 heavy (non-hydrogen) atoms. The van der Waals surface area contributed by atoms with E-state index in [0.29, 0.717) is 31.4 Å². The van der Waals surface area contributed by atoms with E-state index in [9.17, 15) is 4.79 Å². The Labute approximate surface area is 120 Å². The number of aryl methyl sites for hydroxylation is 1. The Bertz CT molecular complexity index is 478. The molecule has 1 aromatic heterocycles. The molecule has 0 bridgehead atoms. The molecule has 1 atom stereocenters.